The monoisotopic (exact) mass is 748 g/mol. The molecule has 0 radical (unpaired) electrons. The third kappa shape index (κ3) is 7.07. The minimum atomic E-state index is -0.250. The van der Waals surface area contributed by atoms with Crippen LogP contribution in [0.25, 0.3) is 34.4 Å². The molecule has 0 saturated heterocycles. The maximum atomic E-state index is 4.20. The molecule has 1 aliphatic carbocycles. The zero-order valence-electron chi connectivity index (χ0n) is 33.7. The fourth-order valence-corrected chi connectivity index (χ4v) is 8.89. The Kier molecular flexibility index (Phi) is 9.71. The van der Waals surface area contributed by atoms with E-state index in [1.165, 1.54) is 55.6 Å². The van der Waals surface area contributed by atoms with Gasteiger partial charge in [0.2, 0.25) is 0 Å². The van der Waals surface area contributed by atoms with Crippen LogP contribution in [0, 0.1) is 0 Å². The summed E-state index contributed by atoms with van der Waals surface area (Å²) in [6.45, 7) is 9.34. The molecule has 0 aliphatic heterocycles. The summed E-state index contributed by atoms with van der Waals surface area (Å²) in [4.78, 5) is 4.20. The standard InChI is InChI=1S/C56H48N2/c1-55(2,46-17-9-6-10-18-46)52-36-40(26-31-53(52)58-47-19-13-16-44(37-47)41-32-34-57-35-33-41)23-22-39-24-27-43(28-25-39)54(42-14-7-5-8-15-42)45-29-30-49-48-20-11-12-21-50(48)56(3,4)51(49)38-45/h5-38,54,58H,1-4H3/b23-22+. The molecule has 0 bridgehead atoms. The fraction of sp³-hybridized carbons (Fsp3) is 0.125. The van der Waals surface area contributed by atoms with Crippen molar-refractivity contribution in [3.8, 4) is 22.3 Å². The fourth-order valence-electron chi connectivity index (χ4n) is 8.89. The van der Waals surface area contributed by atoms with Crippen molar-refractivity contribution in [3.05, 3.63) is 244 Å². The molecule has 2 heteroatoms. The Hall–Kier alpha value is -6.77. The average Bonchev–Trinajstić information content (AvgIpc) is 3.50. The predicted molar refractivity (Wildman–Crippen MR) is 245 cm³/mol. The van der Waals surface area contributed by atoms with Crippen molar-refractivity contribution in [2.24, 2.45) is 0 Å². The molecule has 0 saturated carbocycles. The molecule has 0 fully saturated rings. The summed E-state index contributed by atoms with van der Waals surface area (Å²) >= 11 is 0. The molecule has 8 aromatic rings. The predicted octanol–water partition coefficient (Wildman–Crippen LogP) is 14.5. The smallest absolute Gasteiger partial charge is 0.0426 e. The molecule has 1 heterocycles. The number of nitrogens with one attached hydrogen (secondary N) is 1. The summed E-state index contributed by atoms with van der Waals surface area (Å²) in [5.74, 6) is 0.122. The summed E-state index contributed by atoms with van der Waals surface area (Å²) < 4.78 is 0. The first kappa shape index (κ1) is 36.8. The first-order valence-electron chi connectivity index (χ1n) is 20.3. The van der Waals surface area contributed by atoms with Crippen molar-refractivity contribution < 1.29 is 0 Å². The summed E-state index contributed by atoms with van der Waals surface area (Å²) in [7, 11) is 0. The van der Waals surface area contributed by atoms with Crippen LogP contribution in [0.15, 0.2) is 194 Å². The van der Waals surface area contributed by atoms with Gasteiger partial charge in [-0.3, -0.25) is 4.98 Å². The van der Waals surface area contributed by atoms with Crippen molar-refractivity contribution in [1.29, 1.82) is 0 Å². The first-order chi connectivity index (χ1) is 28.3. The second kappa shape index (κ2) is 15.3. The number of hydrogen-bond donors (Lipinski definition) is 1. The largest absolute Gasteiger partial charge is 0.355 e. The van der Waals surface area contributed by atoms with Crippen LogP contribution in [0.4, 0.5) is 11.4 Å². The van der Waals surface area contributed by atoms with Gasteiger partial charge in [-0.15, -0.1) is 0 Å². The van der Waals surface area contributed by atoms with Crippen LogP contribution in [-0.2, 0) is 10.8 Å². The maximum Gasteiger partial charge on any atom is 0.0426 e. The van der Waals surface area contributed by atoms with E-state index < -0.39 is 0 Å². The molecule has 0 spiro atoms. The number of fused-ring (bicyclic) bond motifs is 3. The van der Waals surface area contributed by atoms with E-state index in [1.54, 1.807) is 0 Å². The molecule has 7 aromatic carbocycles. The zero-order valence-corrected chi connectivity index (χ0v) is 33.7. The third-order valence-electron chi connectivity index (χ3n) is 12.2. The van der Waals surface area contributed by atoms with Gasteiger partial charge in [-0.2, -0.15) is 0 Å². The Morgan fingerprint density at radius 1 is 0.517 bits per heavy atom. The van der Waals surface area contributed by atoms with Gasteiger partial charge in [-0.1, -0.05) is 185 Å². The Labute approximate surface area is 343 Å². The molecule has 282 valence electrons. The Balaban J connectivity index is 1.02. The van der Waals surface area contributed by atoms with Gasteiger partial charge >= 0.3 is 0 Å². The van der Waals surface area contributed by atoms with Gasteiger partial charge < -0.3 is 5.32 Å². The van der Waals surface area contributed by atoms with E-state index in [9.17, 15) is 0 Å². The molecule has 0 amide bonds. The number of hydrogen-bond acceptors (Lipinski definition) is 2. The number of nitrogens with zero attached hydrogens (tertiary/aromatic N) is 1. The van der Waals surface area contributed by atoms with Gasteiger partial charge in [0.25, 0.3) is 0 Å². The lowest BCUT2D eigenvalue weighted by Gasteiger charge is -2.29. The lowest BCUT2D eigenvalue weighted by Crippen LogP contribution is -2.20. The van der Waals surface area contributed by atoms with Crippen LogP contribution in [0.1, 0.15) is 83.7 Å². The van der Waals surface area contributed by atoms with Crippen LogP contribution in [0.5, 0.6) is 0 Å². The number of rotatable bonds is 10. The van der Waals surface area contributed by atoms with Crippen molar-refractivity contribution in [1.82, 2.24) is 4.98 Å². The topological polar surface area (TPSA) is 24.9 Å². The SMILES string of the molecule is CC(C)(c1ccccc1)c1cc(/C=C/c2ccc(C(c3ccccc3)c3ccc4c(c3)C(C)(C)c3ccccc3-4)cc2)ccc1Nc1cccc(-c2ccncc2)c1. The summed E-state index contributed by atoms with van der Waals surface area (Å²) in [6.07, 6.45) is 8.15. The average molecular weight is 749 g/mol. The second-order valence-corrected chi connectivity index (χ2v) is 16.6. The Morgan fingerprint density at radius 2 is 1.16 bits per heavy atom. The van der Waals surface area contributed by atoms with E-state index in [4.69, 9.17) is 0 Å². The second-order valence-electron chi connectivity index (χ2n) is 16.6. The first-order valence-corrected chi connectivity index (χ1v) is 20.3. The quantitative estimate of drug-likeness (QED) is 0.111. The maximum absolute atomic E-state index is 4.20. The summed E-state index contributed by atoms with van der Waals surface area (Å²) in [6, 6.07) is 66.3. The van der Waals surface area contributed by atoms with Crippen LogP contribution in [-0.4, -0.2) is 4.98 Å². The van der Waals surface area contributed by atoms with E-state index in [0.29, 0.717) is 0 Å². The van der Waals surface area contributed by atoms with Gasteiger partial charge in [0, 0.05) is 40.5 Å². The molecule has 9 rings (SSSR count). The molecule has 1 aromatic heterocycles. The van der Waals surface area contributed by atoms with Crippen molar-refractivity contribution in [2.75, 3.05) is 5.32 Å². The molecule has 1 atom stereocenters. The van der Waals surface area contributed by atoms with E-state index in [0.717, 1.165) is 28.1 Å². The normalized spacial score (nSPS) is 13.5. The number of benzene rings is 7. The van der Waals surface area contributed by atoms with Crippen LogP contribution < -0.4 is 5.32 Å². The van der Waals surface area contributed by atoms with Crippen molar-refractivity contribution in [2.45, 2.75) is 44.4 Å². The van der Waals surface area contributed by atoms with E-state index >= 15 is 0 Å². The number of aromatic nitrogens is 1. The number of anilines is 2. The Bertz CT molecular complexity index is 2730. The van der Waals surface area contributed by atoms with Gasteiger partial charge in [-0.25, -0.2) is 0 Å². The summed E-state index contributed by atoms with van der Waals surface area (Å²) in [5.41, 5.74) is 18.4. The van der Waals surface area contributed by atoms with E-state index in [2.05, 4.69) is 220 Å². The van der Waals surface area contributed by atoms with Crippen LogP contribution in [0.3, 0.4) is 0 Å². The molecular weight excluding hydrogens is 701 g/mol. The molecule has 1 aliphatic rings. The van der Waals surface area contributed by atoms with Gasteiger partial charge in [0.15, 0.2) is 0 Å². The van der Waals surface area contributed by atoms with Crippen LogP contribution >= 0.6 is 0 Å². The van der Waals surface area contributed by atoms with E-state index in [-0.39, 0.29) is 16.7 Å². The molecular formula is C56H48N2. The van der Waals surface area contributed by atoms with Crippen LogP contribution in [0.2, 0.25) is 0 Å². The van der Waals surface area contributed by atoms with Crippen molar-refractivity contribution in [3.63, 3.8) is 0 Å². The lowest BCUT2D eigenvalue weighted by atomic mass is 9.76. The molecule has 1 N–H and O–H groups in total. The van der Waals surface area contributed by atoms with Gasteiger partial charge in [-0.05, 0) is 109 Å². The lowest BCUT2D eigenvalue weighted by molar-refractivity contribution is 0.643. The minimum absolute atomic E-state index is 0.0478. The highest BCUT2D eigenvalue weighted by molar-refractivity contribution is 5.81. The zero-order chi connectivity index (χ0) is 39.7. The van der Waals surface area contributed by atoms with Crippen molar-refractivity contribution >= 4 is 23.5 Å². The molecule has 2 nitrogen and oxygen atoms in total. The highest BCUT2D eigenvalue weighted by Crippen LogP contribution is 2.50. The Morgan fingerprint density at radius 3 is 1.93 bits per heavy atom. The van der Waals surface area contributed by atoms with Gasteiger partial charge in [0.05, 0.1) is 0 Å². The van der Waals surface area contributed by atoms with Gasteiger partial charge in [0.1, 0.15) is 0 Å². The number of pyridine rings is 1. The third-order valence-corrected chi connectivity index (χ3v) is 12.2. The van der Waals surface area contributed by atoms with E-state index in [1.807, 2.05) is 24.5 Å². The molecule has 58 heavy (non-hydrogen) atoms. The highest BCUT2D eigenvalue weighted by Gasteiger charge is 2.36. The summed E-state index contributed by atoms with van der Waals surface area (Å²) in [5, 5.41) is 3.79. The highest BCUT2D eigenvalue weighted by atomic mass is 14.9. The molecule has 1 unspecified atom stereocenters. The minimum Gasteiger partial charge on any atom is -0.355 e.